The van der Waals surface area contributed by atoms with Crippen LogP contribution in [0.4, 0.5) is 8.78 Å². The maximum Gasteiger partial charge on any atom is 0.387 e. The Morgan fingerprint density at radius 2 is 1.77 bits per heavy atom. The fourth-order valence-electron chi connectivity index (χ4n) is 2.96. The molecule has 6 nitrogen and oxygen atoms in total. The second-order valence-corrected chi connectivity index (χ2v) is 6.57. The molecule has 0 saturated heterocycles. The van der Waals surface area contributed by atoms with Crippen LogP contribution in [-0.4, -0.2) is 39.9 Å². The SMILES string of the molecule is CCNC(=NCc1cc(OC)ccc1OC(F)F)NCC(C)c1ccccc1OC.I. The van der Waals surface area contributed by atoms with Gasteiger partial charge in [0, 0.05) is 24.6 Å². The molecule has 0 radical (unpaired) electrons. The van der Waals surface area contributed by atoms with Gasteiger partial charge in [-0.15, -0.1) is 24.0 Å². The molecule has 9 heteroatoms. The summed E-state index contributed by atoms with van der Waals surface area (Å²) in [6, 6.07) is 12.5. The molecule has 0 bridgehead atoms. The molecule has 2 aromatic rings. The number of aliphatic imine (C=N–C) groups is 1. The van der Waals surface area contributed by atoms with Gasteiger partial charge in [-0.05, 0) is 36.8 Å². The van der Waals surface area contributed by atoms with Crippen LogP contribution in [-0.2, 0) is 6.54 Å². The molecule has 0 saturated carbocycles. The monoisotopic (exact) mass is 549 g/mol. The first kappa shape index (κ1) is 26.7. The van der Waals surface area contributed by atoms with Gasteiger partial charge in [-0.3, -0.25) is 0 Å². The van der Waals surface area contributed by atoms with Crippen molar-refractivity contribution in [2.75, 3.05) is 27.3 Å². The largest absolute Gasteiger partial charge is 0.497 e. The van der Waals surface area contributed by atoms with E-state index in [2.05, 4.69) is 27.3 Å². The van der Waals surface area contributed by atoms with Crippen LogP contribution in [0.1, 0.15) is 30.9 Å². The number of hydrogen-bond acceptors (Lipinski definition) is 4. The highest BCUT2D eigenvalue weighted by Crippen LogP contribution is 2.27. The van der Waals surface area contributed by atoms with Gasteiger partial charge < -0.3 is 24.8 Å². The molecule has 2 rings (SSSR count). The number of methoxy groups -OCH3 is 2. The van der Waals surface area contributed by atoms with Crippen LogP contribution < -0.4 is 24.8 Å². The van der Waals surface area contributed by atoms with Gasteiger partial charge in [0.2, 0.25) is 0 Å². The Kier molecular flexibility index (Phi) is 12.0. The molecule has 0 aliphatic carbocycles. The van der Waals surface area contributed by atoms with Crippen molar-refractivity contribution in [2.45, 2.75) is 32.9 Å². The van der Waals surface area contributed by atoms with Crippen molar-refractivity contribution in [3.63, 3.8) is 0 Å². The highest BCUT2D eigenvalue weighted by Gasteiger charge is 2.13. The molecule has 0 aliphatic rings. The molecule has 0 aliphatic heterocycles. The zero-order chi connectivity index (χ0) is 21.9. The molecular weight excluding hydrogens is 519 g/mol. The number of para-hydroxylation sites is 1. The van der Waals surface area contributed by atoms with E-state index in [0.29, 0.717) is 30.4 Å². The maximum absolute atomic E-state index is 12.7. The van der Waals surface area contributed by atoms with Crippen LogP contribution in [0.15, 0.2) is 47.5 Å². The van der Waals surface area contributed by atoms with E-state index in [0.717, 1.165) is 11.3 Å². The average Bonchev–Trinajstić information content (AvgIpc) is 2.75. The fraction of sp³-hybridized carbons (Fsp3) is 0.409. The molecule has 2 aromatic carbocycles. The second kappa shape index (κ2) is 13.9. The van der Waals surface area contributed by atoms with Crippen molar-refractivity contribution < 1.29 is 23.0 Å². The van der Waals surface area contributed by atoms with Crippen LogP contribution in [0.5, 0.6) is 17.2 Å². The van der Waals surface area contributed by atoms with Crippen molar-refractivity contribution in [2.24, 2.45) is 4.99 Å². The number of halogens is 3. The lowest BCUT2D eigenvalue weighted by atomic mass is 10.0. The normalized spacial score (nSPS) is 12.0. The van der Waals surface area contributed by atoms with Gasteiger partial charge in [-0.1, -0.05) is 25.1 Å². The lowest BCUT2D eigenvalue weighted by Gasteiger charge is -2.18. The fourth-order valence-corrected chi connectivity index (χ4v) is 2.96. The van der Waals surface area contributed by atoms with E-state index in [9.17, 15) is 8.78 Å². The molecule has 172 valence electrons. The Labute approximate surface area is 199 Å². The summed E-state index contributed by atoms with van der Waals surface area (Å²) in [4.78, 5) is 4.52. The third-order valence-corrected chi connectivity index (χ3v) is 4.48. The zero-order valence-corrected chi connectivity index (χ0v) is 20.5. The lowest BCUT2D eigenvalue weighted by molar-refractivity contribution is -0.0504. The molecular formula is C22H30F2IN3O3. The van der Waals surface area contributed by atoms with E-state index in [-0.39, 0.29) is 42.2 Å². The average molecular weight is 549 g/mol. The molecule has 0 aromatic heterocycles. The molecule has 1 atom stereocenters. The number of rotatable bonds is 10. The number of ether oxygens (including phenoxy) is 3. The summed E-state index contributed by atoms with van der Waals surface area (Å²) in [5.74, 6) is 2.20. The highest BCUT2D eigenvalue weighted by atomic mass is 127. The zero-order valence-electron chi connectivity index (χ0n) is 18.2. The van der Waals surface area contributed by atoms with Gasteiger partial charge in [0.15, 0.2) is 5.96 Å². The Balaban J connectivity index is 0.00000480. The van der Waals surface area contributed by atoms with Gasteiger partial charge in [-0.25, -0.2) is 4.99 Å². The third-order valence-electron chi connectivity index (χ3n) is 4.48. The predicted molar refractivity (Wildman–Crippen MR) is 129 cm³/mol. The van der Waals surface area contributed by atoms with E-state index in [1.165, 1.54) is 13.2 Å². The van der Waals surface area contributed by atoms with E-state index < -0.39 is 6.61 Å². The van der Waals surface area contributed by atoms with Crippen molar-refractivity contribution in [1.82, 2.24) is 10.6 Å². The van der Waals surface area contributed by atoms with Crippen molar-refractivity contribution in [3.05, 3.63) is 53.6 Å². The Bertz CT molecular complexity index is 837. The Morgan fingerprint density at radius 1 is 1.03 bits per heavy atom. The number of hydrogen-bond donors (Lipinski definition) is 2. The minimum atomic E-state index is -2.91. The standard InChI is InChI=1S/C22H29F2N3O3.HI/c1-5-25-22(26-13-15(2)18-8-6-7-9-20(18)29-4)27-14-16-12-17(28-3)10-11-19(16)30-21(23)24;/h6-12,15,21H,5,13-14H2,1-4H3,(H2,25,26,27);1H. The van der Waals surface area contributed by atoms with E-state index in [4.69, 9.17) is 9.47 Å². The molecule has 0 amide bonds. The Hall–Kier alpha value is -2.30. The van der Waals surface area contributed by atoms with E-state index >= 15 is 0 Å². The maximum atomic E-state index is 12.7. The third kappa shape index (κ3) is 8.39. The molecule has 0 fully saturated rings. The van der Waals surface area contributed by atoms with Crippen LogP contribution in [0.3, 0.4) is 0 Å². The summed E-state index contributed by atoms with van der Waals surface area (Å²) in [6.07, 6.45) is 0. The van der Waals surface area contributed by atoms with Gasteiger partial charge in [0.1, 0.15) is 17.2 Å². The van der Waals surface area contributed by atoms with Gasteiger partial charge in [0.25, 0.3) is 0 Å². The highest BCUT2D eigenvalue weighted by molar-refractivity contribution is 14.0. The first-order chi connectivity index (χ1) is 14.5. The number of nitrogens with one attached hydrogen (secondary N) is 2. The van der Waals surface area contributed by atoms with Crippen LogP contribution >= 0.6 is 24.0 Å². The first-order valence-electron chi connectivity index (χ1n) is 9.75. The summed E-state index contributed by atoms with van der Waals surface area (Å²) in [7, 11) is 3.17. The second-order valence-electron chi connectivity index (χ2n) is 6.57. The predicted octanol–water partition coefficient (Wildman–Crippen LogP) is 4.78. The first-order valence-corrected chi connectivity index (χ1v) is 9.75. The quantitative estimate of drug-likeness (QED) is 0.254. The van der Waals surface area contributed by atoms with E-state index in [1.54, 1.807) is 19.2 Å². The van der Waals surface area contributed by atoms with Crippen molar-refractivity contribution in [1.29, 1.82) is 0 Å². The molecule has 2 N–H and O–H groups in total. The summed E-state index contributed by atoms with van der Waals surface area (Å²) in [5.41, 5.74) is 1.59. The molecule has 1 unspecified atom stereocenters. The van der Waals surface area contributed by atoms with Crippen molar-refractivity contribution in [3.8, 4) is 17.2 Å². The lowest BCUT2D eigenvalue weighted by Crippen LogP contribution is -2.39. The molecule has 0 spiro atoms. The van der Waals surface area contributed by atoms with Gasteiger partial charge in [-0.2, -0.15) is 8.78 Å². The summed E-state index contributed by atoms with van der Waals surface area (Å²) >= 11 is 0. The number of guanidine groups is 1. The minimum absolute atomic E-state index is 0. The number of nitrogens with zero attached hydrogens (tertiary/aromatic N) is 1. The smallest absolute Gasteiger partial charge is 0.387 e. The minimum Gasteiger partial charge on any atom is -0.497 e. The topological polar surface area (TPSA) is 64.1 Å². The van der Waals surface area contributed by atoms with Crippen LogP contribution in [0.2, 0.25) is 0 Å². The summed E-state index contributed by atoms with van der Waals surface area (Å²) in [5, 5.41) is 6.46. The van der Waals surface area contributed by atoms with Crippen LogP contribution in [0, 0.1) is 0 Å². The van der Waals surface area contributed by atoms with Crippen molar-refractivity contribution >= 4 is 29.9 Å². The Morgan fingerprint density at radius 3 is 2.42 bits per heavy atom. The van der Waals surface area contributed by atoms with Crippen LogP contribution in [0.25, 0.3) is 0 Å². The van der Waals surface area contributed by atoms with E-state index in [1.807, 2.05) is 31.2 Å². The van der Waals surface area contributed by atoms with Gasteiger partial charge in [0.05, 0.1) is 20.8 Å². The molecule has 0 heterocycles. The number of benzene rings is 2. The van der Waals surface area contributed by atoms with Gasteiger partial charge >= 0.3 is 6.61 Å². The number of alkyl halides is 2. The molecule has 31 heavy (non-hydrogen) atoms. The summed E-state index contributed by atoms with van der Waals surface area (Å²) < 4.78 is 40.6. The summed E-state index contributed by atoms with van der Waals surface area (Å²) in [6.45, 7) is 2.56.